The van der Waals surface area contributed by atoms with Gasteiger partial charge in [0.05, 0.1) is 0 Å². The number of aryl methyl sites for hydroxylation is 1. The van der Waals surface area contributed by atoms with Crippen LogP contribution in [-0.4, -0.2) is 9.97 Å². The zero-order chi connectivity index (χ0) is 10.1. The maximum Gasteiger partial charge on any atom is 0.0490 e. The fourth-order valence-corrected chi connectivity index (χ4v) is 1.60. The molecule has 0 amide bonds. The molecule has 2 heteroatoms. The van der Waals surface area contributed by atoms with E-state index in [1.54, 1.807) is 0 Å². The third-order valence-corrected chi connectivity index (χ3v) is 2.57. The van der Waals surface area contributed by atoms with Gasteiger partial charge in [-0.15, -0.1) is 0 Å². The van der Waals surface area contributed by atoms with E-state index >= 15 is 0 Å². The summed E-state index contributed by atoms with van der Waals surface area (Å²) in [5.41, 5.74) is 3.64. The molecule has 2 nitrogen and oxygen atoms in total. The van der Waals surface area contributed by atoms with Crippen molar-refractivity contribution in [2.24, 2.45) is 0 Å². The maximum atomic E-state index is 4.38. The smallest absolute Gasteiger partial charge is 0.0490 e. The predicted octanol–water partition coefficient (Wildman–Crippen LogP) is 3.25. The van der Waals surface area contributed by atoms with Gasteiger partial charge in [0.2, 0.25) is 0 Å². The lowest BCUT2D eigenvalue weighted by Crippen LogP contribution is -1.86. The summed E-state index contributed by atoms with van der Waals surface area (Å²) >= 11 is 0. The van der Waals surface area contributed by atoms with Crippen molar-refractivity contribution in [2.75, 3.05) is 0 Å². The van der Waals surface area contributed by atoms with Gasteiger partial charge in [-0.3, -0.25) is 4.98 Å². The van der Waals surface area contributed by atoms with Gasteiger partial charge in [0.15, 0.2) is 0 Å². The summed E-state index contributed by atoms with van der Waals surface area (Å²) in [4.78, 5) is 7.81. The molecule has 0 saturated heterocycles. The van der Waals surface area contributed by atoms with Crippen molar-refractivity contribution >= 4 is 10.9 Å². The van der Waals surface area contributed by atoms with Crippen molar-refractivity contribution in [2.45, 2.75) is 33.1 Å². The first kappa shape index (κ1) is 9.25. The van der Waals surface area contributed by atoms with Crippen molar-refractivity contribution < 1.29 is 0 Å². The molecular weight excluding hydrogens is 172 g/mol. The van der Waals surface area contributed by atoms with E-state index < -0.39 is 0 Å². The molecule has 0 aliphatic heterocycles. The number of rotatable bonds is 2. The Hall–Kier alpha value is -1.31. The SMILES string of the molecule is CCc1cc2[nH]c(C(C)C)cc2cn1. The molecular formula is C12H16N2. The van der Waals surface area contributed by atoms with E-state index in [4.69, 9.17) is 0 Å². The summed E-state index contributed by atoms with van der Waals surface area (Å²) in [5, 5.41) is 1.21. The largest absolute Gasteiger partial charge is 0.358 e. The Morgan fingerprint density at radius 2 is 2.14 bits per heavy atom. The van der Waals surface area contributed by atoms with E-state index in [2.05, 4.69) is 42.9 Å². The summed E-state index contributed by atoms with van der Waals surface area (Å²) in [5.74, 6) is 0.549. The summed E-state index contributed by atoms with van der Waals surface area (Å²) in [6, 6.07) is 4.33. The average molecular weight is 188 g/mol. The first-order valence-corrected chi connectivity index (χ1v) is 5.18. The Kier molecular flexibility index (Phi) is 2.28. The van der Waals surface area contributed by atoms with Crippen LogP contribution in [0.2, 0.25) is 0 Å². The number of hydrogen-bond acceptors (Lipinski definition) is 1. The molecule has 0 fully saturated rings. The van der Waals surface area contributed by atoms with E-state index in [1.807, 2.05) is 6.20 Å². The van der Waals surface area contributed by atoms with Crippen molar-refractivity contribution in [1.29, 1.82) is 0 Å². The molecule has 0 radical (unpaired) electrons. The summed E-state index contributed by atoms with van der Waals surface area (Å²) in [6.45, 7) is 6.51. The average Bonchev–Trinajstić information content (AvgIpc) is 2.59. The Balaban J connectivity index is 2.54. The number of aromatic amines is 1. The minimum atomic E-state index is 0.549. The molecule has 0 aliphatic carbocycles. The summed E-state index contributed by atoms with van der Waals surface area (Å²) < 4.78 is 0. The number of hydrogen-bond donors (Lipinski definition) is 1. The standard InChI is InChI=1S/C12H16N2/c1-4-10-6-12-9(7-13-10)5-11(14-12)8(2)3/h5-8,14H,4H2,1-3H3. The summed E-state index contributed by atoms with van der Waals surface area (Å²) in [7, 11) is 0. The molecule has 1 N–H and O–H groups in total. The molecule has 0 bridgehead atoms. The Morgan fingerprint density at radius 1 is 1.36 bits per heavy atom. The second-order valence-corrected chi connectivity index (χ2v) is 4.00. The quantitative estimate of drug-likeness (QED) is 0.770. The number of nitrogens with zero attached hydrogens (tertiary/aromatic N) is 1. The molecule has 0 aromatic carbocycles. The van der Waals surface area contributed by atoms with Gasteiger partial charge < -0.3 is 4.98 Å². The lowest BCUT2D eigenvalue weighted by atomic mass is 10.1. The van der Waals surface area contributed by atoms with Gasteiger partial charge in [0, 0.05) is 28.5 Å². The highest BCUT2D eigenvalue weighted by molar-refractivity contribution is 5.79. The predicted molar refractivity (Wildman–Crippen MR) is 59.6 cm³/mol. The van der Waals surface area contributed by atoms with Crippen molar-refractivity contribution in [1.82, 2.24) is 9.97 Å². The molecule has 0 atom stereocenters. The zero-order valence-electron chi connectivity index (χ0n) is 8.96. The van der Waals surface area contributed by atoms with Crippen LogP contribution in [0.4, 0.5) is 0 Å². The van der Waals surface area contributed by atoms with E-state index in [-0.39, 0.29) is 0 Å². The van der Waals surface area contributed by atoms with Crippen LogP contribution >= 0.6 is 0 Å². The van der Waals surface area contributed by atoms with E-state index in [0.29, 0.717) is 5.92 Å². The van der Waals surface area contributed by atoms with Crippen LogP contribution in [0, 0.1) is 0 Å². The van der Waals surface area contributed by atoms with Crippen molar-refractivity contribution in [3.63, 3.8) is 0 Å². The van der Waals surface area contributed by atoms with Gasteiger partial charge in [-0.2, -0.15) is 0 Å². The Morgan fingerprint density at radius 3 is 2.79 bits per heavy atom. The van der Waals surface area contributed by atoms with Gasteiger partial charge in [0.1, 0.15) is 0 Å². The Labute approximate surface area is 84.4 Å². The lowest BCUT2D eigenvalue weighted by molar-refractivity contribution is 0.836. The van der Waals surface area contributed by atoms with E-state index in [1.165, 1.54) is 16.6 Å². The maximum absolute atomic E-state index is 4.38. The van der Waals surface area contributed by atoms with Gasteiger partial charge in [-0.1, -0.05) is 20.8 Å². The number of pyridine rings is 1. The molecule has 14 heavy (non-hydrogen) atoms. The van der Waals surface area contributed by atoms with Gasteiger partial charge in [-0.05, 0) is 24.5 Å². The molecule has 2 aromatic rings. The van der Waals surface area contributed by atoms with Crippen LogP contribution in [0.5, 0.6) is 0 Å². The van der Waals surface area contributed by atoms with Crippen LogP contribution in [0.1, 0.15) is 38.1 Å². The highest BCUT2D eigenvalue weighted by Crippen LogP contribution is 2.20. The second kappa shape index (κ2) is 3.45. The topological polar surface area (TPSA) is 28.7 Å². The van der Waals surface area contributed by atoms with Gasteiger partial charge in [0.25, 0.3) is 0 Å². The molecule has 0 aliphatic rings. The second-order valence-electron chi connectivity index (χ2n) is 4.00. The zero-order valence-corrected chi connectivity index (χ0v) is 8.96. The van der Waals surface area contributed by atoms with Crippen LogP contribution in [0.15, 0.2) is 18.3 Å². The molecule has 2 aromatic heterocycles. The number of nitrogens with one attached hydrogen (secondary N) is 1. The van der Waals surface area contributed by atoms with Gasteiger partial charge >= 0.3 is 0 Å². The molecule has 2 heterocycles. The monoisotopic (exact) mass is 188 g/mol. The lowest BCUT2D eigenvalue weighted by Gasteiger charge is -1.98. The third-order valence-electron chi connectivity index (χ3n) is 2.57. The third kappa shape index (κ3) is 1.52. The van der Waals surface area contributed by atoms with Crippen molar-refractivity contribution in [3.05, 3.63) is 29.7 Å². The molecule has 2 rings (SSSR count). The highest BCUT2D eigenvalue weighted by Gasteiger charge is 2.04. The normalized spacial score (nSPS) is 11.4. The van der Waals surface area contributed by atoms with Crippen LogP contribution in [0.25, 0.3) is 10.9 Å². The van der Waals surface area contributed by atoms with Crippen LogP contribution in [-0.2, 0) is 6.42 Å². The number of H-pyrrole nitrogens is 1. The molecule has 0 spiro atoms. The minimum absolute atomic E-state index is 0.549. The highest BCUT2D eigenvalue weighted by atomic mass is 14.7. The number of fused-ring (bicyclic) bond motifs is 1. The fraction of sp³-hybridized carbons (Fsp3) is 0.417. The van der Waals surface area contributed by atoms with E-state index in [9.17, 15) is 0 Å². The van der Waals surface area contributed by atoms with E-state index in [0.717, 1.165) is 12.1 Å². The van der Waals surface area contributed by atoms with Crippen molar-refractivity contribution in [3.8, 4) is 0 Å². The summed E-state index contributed by atoms with van der Waals surface area (Å²) in [6.07, 6.45) is 2.95. The van der Waals surface area contributed by atoms with Gasteiger partial charge in [-0.25, -0.2) is 0 Å². The Bertz CT molecular complexity index is 441. The van der Waals surface area contributed by atoms with Crippen LogP contribution in [0.3, 0.4) is 0 Å². The molecule has 0 unspecified atom stereocenters. The fourth-order valence-electron chi connectivity index (χ4n) is 1.60. The molecule has 0 saturated carbocycles. The van der Waals surface area contributed by atoms with Crippen LogP contribution < -0.4 is 0 Å². The first-order chi connectivity index (χ1) is 6.70. The number of aromatic nitrogens is 2. The molecule has 74 valence electrons. The minimum Gasteiger partial charge on any atom is -0.358 e. The first-order valence-electron chi connectivity index (χ1n) is 5.18.